The summed E-state index contributed by atoms with van der Waals surface area (Å²) in [6.07, 6.45) is 2.49. The Morgan fingerprint density at radius 2 is 2.38 bits per heavy atom. The summed E-state index contributed by atoms with van der Waals surface area (Å²) < 4.78 is 24.1. The normalized spacial score (nSPS) is 21.2. The second-order valence-corrected chi connectivity index (χ2v) is 6.29. The predicted molar refractivity (Wildman–Crippen MR) is 62.0 cm³/mol. The van der Waals surface area contributed by atoms with Crippen LogP contribution in [0.25, 0.3) is 0 Å². The lowest BCUT2D eigenvalue weighted by atomic mass is 10.2. The van der Waals surface area contributed by atoms with E-state index in [-0.39, 0.29) is 16.7 Å². The molecule has 0 bridgehead atoms. The SMILES string of the molecule is Cc1ccnc(S(=O)(=O)C[C@H]2CCNC2)c1. The van der Waals surface area contributed by atoms with Crippen molar-refractivity contribution in [2.75, 3.05) is 18.8 Å². The smallest absolute Gasteiger partial charge is 0.195 e. The molecule has 0 unspecified atom stereocenters. The Balaban J connectivity index is 2.18. The molecule has 1 aromatic rings. The van der Waals surface area contributed by atoms with E-state index in [1.807, 2.05) is 6.92 Å². The number of hydrogen-bond donors (Lipinski definition) is 1. The minimum Gasteiger partial charge on any atom is -0.316 e. The molecule has 0 radical (unpaired) electrons. The number of rotatable bonds is 3. The van der Waals surface area contributed by atoms with Crippen molar-refractivity contribution in [2.45, 2.75) is 18.4 Å². The number of nitrogens with one attached hydrogen (secondary N) is 1. The summed E-state index contributed by atoms with van der Waals surface area (Å²) in [5, 5.41) is 3.38. The van der Waals surface area contributed by atoms with Gasteiger partial charge in [0.2, 0.25) is 0 Å². The van der Waals surface area contributed by atoms with Gasteiger partial charge in [-0.05, 0) is 50.0 Å². The van der Waals surface area contributed by atoms with E-state index in [0.717, 1.165) is 25.1 Å². The van der Waals surface area contributed by atoms with Gasteiger partial charge < -0.3 is 5.32 Å². The molecule has 2 heterocycles. The molecular formula is C11H16N2O2S. The van der Waals surface area contributed by atoms with Gasteiger partial charge in [-0.2, -0.15) is 0 Å². The Kier molecular flexibility index (Phi) is 3.25. The lowest BCUT2D eigenvalue weighted by Crippen LogP contribution is -2.19. The number of hydrogen-bond acceptors (Lipinski definition) is 4. The van der Waals surface area contributed by atoms with Crippen LogP contribution in [-0.4, -0.2) is 32.2 Å². The van der Waals surface area contributed by atoms with Crippen molar-refractivity contribution in [2.24, 2.45) is 5.92 Å². The molecule has 0 amide bonds. The third-order valence-electron chi connectivity index (χ3n) is 2.83. The van der Waals surface area contributed by atoms with E-state index in [4.69, 9.17) is 0 Å². The van der Waals surface area contributed by atoms with E-state index in [0.29, 0.717) is 0 Å². The van der Waals surface area contributed by atoms with Gasteiger partial charge in [0.1, 0.15) is 0 Å². The van der Waals surface area contributed by atoms with E-state index in [2.05, 4.69) is 10.3 Å². The van der Waals surface area contributed by atoms with Crippen LogP contribution < -0.4 is 5.32 Å². The van der Waals surface area contributed by atoms with Crippen molar-refractivity contribution >= 4 is 9.84 Å². The molecule has 2 rings (SSSR count). The van der Waals surface area contributed by atoms with E-state index < -0.39 is 9.84 Å². The van der Waals surface area contributed by atoms with Gasteiger partial charge >= 0.3 is 0 Å². The molecular weight excluding hydrogens is 224 g/mol. The summed E-state index contributed by atoms with van der Waals surface area (Å²) >= 11 is 0. The van der Waals surface area contributed by atoms with Crippen LogP contribution in [0.3, 0.4) is 0 Å². The molecule has 5 heteroatoms. The quantitative estimate of drug-likeness (QED) is 0.848. The Labute approximate surface area is 96.0 Å². The highest BCUT2D eigenvalue weighted by Crippen LogP contribution is 2.16. The Morgan fingerprint density at radius 3 is 3.00 bits per heavy atom. The number of nitrogens with zero attached hydrogens (tertiary/aromatic N) is 1. The topological polar surface area (TPSA) is 59.1 Å². The first-order valence-electron chi connectivity index (χ1n) is 5.44. The third-order valence-corrected chi connectivity index (χ3v) is 4.60. The van der Waals surface area contributed by atoms with Crippen LogP contribution in [-0.2, 0) is 9.84 Å². The number of aryl methyl sites for hydroxylation is 1. The summed E-state index contributed by atoms with van der Waals surface area (Å²) in [5.74, 6) is 0.434. The maximum absolute atomic E-state index is 12.1. The van der Waals surface area contributed by atoms with Crippen molar-refractivity contribution < 1.29 is 8.42 Å². The van der Waals surface area contributed by atoms with Crippen molar-refractivity contribution in [1.29, 1.82) is 0 Å². The highest BCUT2D eigenvalue weighted by molar-refractivity contribution is 7.91. The van der Waals surface area contributed by atoms with E-state index >= 15 is 0 Å². The molecule has 0 saturated carbocycles. The Morgan fingerprint density at radius 1 is 1.56 bits per heavy atom. The first-order chi connectivity index (χ1) is 7.58. The third kappa shape index (κ3) is 2.59. The predicted octanol–water partition coefficient (Wildman–Crippen LogP) is 0.773. The van der Waals surface area contributed by atoms with E-state index in [9.17, 15) is 8.42 Å². The molecule has 16 heavy (non-hydrogen) atoms. The fourth-order valence-electron chi connectivity index (χ4n) is 1.93. The van der Waals surface area contributed by atoms with Gasteiger partial charge in [-0.15, -0.1) is 0 Å². The number of pyridine rings is 1. The number of aromatic nitrogens is 1. The molecule has 88 valence electrons. The minimum atomic E-state index is -3.22. The molecule has 0 aliphatic carbocycles. The Bertz CT molecular complexity index is 465. The second-order valence-electron chi connectivity index (χ2n) is 4.31. The van der Waals surface area contributed by atoms with Gasteiger partial charge in [0.15, 0.2) is 14.9 Å². The van der Waals surface area contributed by atoms with Crippen LogP contribution in [0.4, 0.5) is 0 Å². The zero-order valence-corrected chi connectivity index (χ0v) is 10.1. The molecule has 0 aromatic carbocycles. The fourth-order valence-corrected chi connectivity index (χ4v) is 3.59. The fraction of sp³-hybridized carbons (Fsp3) is 0.545. The molecule has 0 spiro atoms. The monoisotopic (exact) mass is 240 g/mol. The van der Waals surface area contributed by atoms with Crippen LogP contribution in [0, 0.1) is 12.8 Å². The van der Waals surface area contributed by atoms with Crippen molar-refractivity contribution in [1.82, 2.24) is 10.3 Å². The summed E-state index contributed by atoms with van der Waals surface area (Å²) in [6, 6.07) is 3.44. The lowest BCUT2D eigenvalue weighted by molar-refractivity contribution is 0.567. The van der Waals surface area contributed by atoms with Gasteiger partial charge in [-0.3, -0.25) is 0 Å². The molecule has 1 saturated heterocycles. The molecule has 1 N–H and O–H groups in total. The molecule has 1 aromatic heterocycles. The first kappa shape index (κ1) is 11.5. The standard InChI is InChI=1S/C11H16N2O2S/c1-9-2-5-13-11(6-9)16(14,15)8-10-3-4-12-7-10/h2,5-6,10,12H,3-4,7-8H2,1H3/t10-/m0/s1. The van der Waals surface area contributed by atoms with Crippen LogP contribution in [0.2, 0.25) is 0 Å². The van der Waals surface area contributed by atoms with Crippen LogP contribution in [0.5, 0.6) is 0 Å². The zero-order valence-electron chi connectivity index (χ0n) is 9.31. The molecule has 1 fully saturated rings. The maximum atomic E-state index is 12.1. The maximum Gasteiger partial charge on any atom is 0.195 e. The average Bonchev–Trinajstić information content (AvgIpc) is 2.70. The summed E-state index contributed by atoms with van der Waals surface area (Å²) in [5.41, 5.74) is 0.929. The van der Waals surface area contributed by atoms with E-state index in [1.165, 1.54) is 0 Å². The van der Waals surface area contributed by atoms with Gasteiger partial charge in [-0.1, -0.05) is 0 Å². The van der Waals surface area contributed by atoms with E-state index in [1.54, 1.807) is 18.3 Å². The zero-order chi connectivity index (χ0) is 11.6. The summed E-state index contributed by atoms with van der Waals surface area (Å²) in [4.78, 5) is 3.94. The van der Waals surface area contributed by atoms with Crippen LogP contribution in [0.15, 0.2) is 23.4 Å². The lowest BCUT2D eigenvalue weighted by Gasteiger charge is -2.08. The average molecular weight is 240 g/mol. The largest absolute Gasteiger partial charge is 0.316 e. The summed E-state index contributed by atoms with van der Waals surface area (Å²) in [6.45, 7) is 3.59. The van der Waals surface area contributed by atoms with Gasteiger partial charge in [0.05, 0.1) is 5.75 Å². The highest BCUT2D eigenvalue weighted by atomic mass is 32.2. The first-order valence-corrected chi connectivity index (χ1v) is 7.09. The minimum absolute atomic E-state index is 0.205. The van der Waals surface area contributed by atoms with Crippen LogP contribution >= 0.6 is 0 Å². The summed E-state index contributed by atoms with van der Waals surface area (Å²) in [7, 11) is -3.22. The van der Waals surface area contributed by atoms with Crippen molar-refractivity contribution in [3.8, 4) is 0 Å². The molecule has 4 nitrogen and oxygen atoms in total. The number of sulfone groups is 1. The molecule has 1 aliphatic rings. The molecule has 1 atom stereocenters. The van der Waals surface area contributed by atoms with Gasteiger partial charge in [-0.25, -0.2) is 13.4 Å². The van der Waals surface area contributed by atoms with Crippen molar-refractivity contribution in [3.63, 3.8) is 0 Å². The second kappa shape index (κ2) is 4.51. The molecule has 1 aliphatic heterocycles. The van der Waals surface area contributed by atoms with Gasteiger partial charge in [0, 0.05) is 6.20 Å². The highest BCUT2D eigenvalue weighted by Gasteiger charge is 2.24. The Hall–Kier alpha value is -0.940. The van der Waals surface area contributed by atoms with Gasteiger partial charge in [0.25, 0.3) is 0 Å². The van der Waals surface area contributed by atoms with Crippen molar-refractivity contribution in [3.05, 3.63) is 23.9 Å². The van der Waals surface area contributed by atoms with Crippen LogP contribution in [0.1, 0.15) is 12.0 Å².